The zero-order chi connectivity index (χ0) is 16.0. The lowest BCUT2D eigenvalue weighted by molar-refractivity contribution is -0.126. The lowest BCUT2D eigenvalue weighted by Gasteiger charge is -2.30. The summed E-state index contributed by atoms with van der Waals surface area (Å²) < 4.78 is 10.1. The van der Waals surface area contributed by atoms with Gasteiger partial charge in [0.25, 0.3) is 5.91 Å². The molecule has 0 saturated carbocycles. The van der Waals surface area contributed by atoms with Crippen molar-refractivity contribution in [2.45, 2.75) is 5.60 Å². The molecule has 0 aromatic carbocycles. The van der Waals surface area contributed by atoms with Crippen LogP contribution in [0.15, 0.2) is 12.4 Å². The second kappa shape index (κ2) is 7.34. The Bertz CT molecular complexity index is 507. The van der Waals surface area contributed by atoms with Crippen molar-refractivity contribution in [3.63, 3.8) is 0 Å². The van der Waals surface area contributed by atoms with E-state index in [0.717, 1.165) is 0 Å². The van der Waals surface area contributed by atoms with Crippen LogP contribution in [-0.4, -0.2) is 84.0 Å². The fourth-order valence-corrected chi connectivity index (χ4v) is 2.17. The highest BCUT2D eigenvalue weighted by Crippen LogP contribution is 2.13. The molecule has 1 aliphatic heterocycles. The van der Waals surface area contributed by atoms with Gasteiger partial charge in [0.2, 0.25) is 5.91 Å². The number of rotatable bonds is 5. The van der Waals surface area contributed by atoms with Gasteiger partial charge in [-0.05, 0) is 0 Å². The third-order valence-electron chi connectivity index (χ3n) is 3.24. The molecule has 1 aromatic heterocycles. The number of nitrogens with zero attached hydrogens (tertiary/aromatic N) is 2. The molecule has 2 rings (SSSR count). The van der Waals surface area contributed by atoms with Crippen LogP contribution in [0.4, 0.5) is 0 Å². The van der Waals surface area contributed by atoms with E-state index in [1.54, 1.807) is 6.20 Å². The third kappa shape index (κ3) is 4.26. The number of ether oxygens (including phenoxy) is 2. The fraction of sp³-hybridized carbons (Fsp3) is 0.615. The van der Waals surface area contributed by atoms with E-state index in [-0.39, 0.29) is 43.9 Å². The predicted octanol–water partition coefficient (Wildman–Crippen LogP) is -1.62. The average molecular weight is 312 g/mol. The Balaban J connectivity index is 1.99. The van der Waals surface area contributed by atoms with Crippen molar-refractivity contribution in [2.75, 3.05) is 46.6 Å². The highest BCUT2D eigenvalue weighted by atomic mass is 16.5. The van der Waals surface area contributed by atoms with Crippen LogP contribution in [-0.2, 0) is 14.3 Å². The van der Waals surface area contributed by atoms with Crippen molar-refractivity contribution >= 4 is 11.8 Å². The summed E-state index contributed by atoms with van der Waals surface area (Å²) >= 11 is 0. The zero-order valence-corrected chi connectivity index (χ0v) is 12.4. The third-order valence-corrected chi connectivity index (χ3v) is 3.24. The first-order chi connectivity index (χ1) is 10.5. The first-order valence-electron chi connectivity index (χ1n) is 6.88. The summed E-state index contributed by atoms with van der Waals surface area (Å²) in [6, 6.07) is 0. The Hall–Kier alpha value is -1.97. The van der Waals surface area contributed by atoms with Crippen LogP contribution in [0.1, 0.15) is 10.6 Å². The van der Waals surface area contributed by atoms with Crippen molar-refractivity contribution in [3.8, 4) is 0 Å². The topological polar surface area (TPSA) is 117 Å². The largest absolute Gasteiger partial charge is 0.384 e. The van der Waals surface area contributed by atoms with Gasteiger partial charge in [-0.15, -0.1) is 0 Å². The number of aromatic amines is 1. The number of imidazole rings is 1. The molecule has 1 atom stereocenters. The van der Waals surface area contributed by atoms with Crippen LogP contribution in [0.2, 0.25) is 0 Å². The Morgan fingerprint density at radius 1 is 1.64 bits per heavy atom. The Morgan fingerprint density at radius 3 is 3.14 bits per heavy atom. The summed E-state index contributed by atoms with van der Waals surface area (Å²) in [5.41, 5.74) is -1.36. The molecule has 2 amide bonds. The van der Waals surface area contributed by atoms with E-state index in [0.29, 0.717) is 13.2 Å². The quantitative estimate of drug-likeness (QED) is 0.601. The maximum absolute atomic E-state index is 12.3. The number of aliphatic hydroxyl groups is 1. The summed E-state index contributed by atoms with van der Waals surface area (Å²) in [5.74, 6) is -0.464. The Kier molecular flexibility index (Phi) is 5.47. The Labute approximate surface area is 127 Å². The number of H-pyrrole nitrogens is 1. The van der Waals surface area contributed by atoms with Gasteiger partial charge in [0, 0.05) is 26.0 Å². The second-order valence-electron chi connectivity index (χ2n) is 5.15. The molecule has 0 radical (unpaired) electrons. The number of amides is 2. The standard InChI is InChI=1S/C13H20N4O5/c1-21-6-10(18)16-7-13(20)8-17(4-5-22-9-13)12(19)11-14-2-3-15-11/h2-3,20H,4-9H2,1H3,(H,14,15)(H,16,18)/t13-/m0/s1. The second-order valence-corrected chi connectivity index (χ2v) is 5.15. The van der Waals surface area contributed by atoms with E-state index in [9.17, 15) is 14.7 Å². The molecular weight excluding hydrogens is 292 g/mol. The highest BCUT2D eigenvalue weighted by Gasteiger charge is 2.35. The van der Waals surface area contributed by atoms with Gasteiger partial charge in [-0.2, -0.15) is 0 Å². The van der Waals surface area contributed by atoms with E-state index in [2.05, 4.69) is 15.3 Å². The molecular formula is C13H20N4O5. The van der Waals surface area contributed by atoms with Crippen LogP contribution >= 0.6 is 0 Å². The first-order valence-corrected chi connectivity index (χ1v) is 6.88. The first kappa shape index (κ1) is 16.4. The van der Waals surface area contributed by atoms with Crippen molar-refractivity contribution in [1.29, 1.82) is 0 Å². The summed E-state index contributed by atoms with van der Waals surface area (Å²) in [4.78, 5) is 31.8. The molecule has 1 aromatic rings. The minimum Gasteiger partial charge on any atom is -0.384 e. The number of aromatic nitrogens is 2. The van der Waals surface area contributed by atoms with Gasteiger partial charge < -0.3 is 29.8 Å². The van der Waals surface area contributed by atoms with Crippen molar-refractivity contribution in [1.82, 2.24) is 20.2 Å². The maximum Gasteiger partial charge on any atom is 0.289 e. The van der Waals surface area contributed by atoms with Crippen LogP contribution in [0.5, 0.6) is 0 Å². The summed E-state index contributed by atoms with van der Waals surface area (Å²) in [6.45, 7) is 0.597. The molecule has 1 aliphatic rings. The minimum absolute atomic E-state index is 0.0300. The number of β-amino-alcohol motifs (C(OH)–C–C–N with tert-alkyl or cyclic N) is 1. The van der Waals surface area contributed by atoms with E-state index in [1.165, 1.54) is 18.2 Å². The molecule has 0 spiro atoms. The van der Waals surface area contributed by atoms with Crippen LogP contribution in [0.25, 0.3) is 0 Å². The SMILES string of the molecule is COCC(=O)NC[C@@]1(O)COCCN(C(=O)c2ncc[nH]2)C1. The van der Waals surface area contributed by atoms with E-state index < -0.39 is 5.60 Å². The lowest BCUT2D eigenvalue weighted by atomic mass is 10.0. The number of methoxy groups -OCH3 is 1. The summed E-state index contributed by atoms with van der Waals surface area (Å²) in [6.07, 6.45) is 3.04. The molecule has 9 heteroatoms. The molecule has 22 heavy (non-hydrogen) atoms. The van der Waals surface area contributed by atoms with Crippen molar-refractivity contribution < 1.29 is 24.2 Å². The van der Waals surface area contributed by atoms with Gasteiger partial charge >= 0.3 is 0 Å². The van der Waals surface area contributed by atoms with Crippen molar-refractivity contribution in [3.05, 3.63) is 18.2 Å². The smallest absolute Gasteiger partial charge is 0.289 e. The highest BCUT2D eigenvalue weighted by molar-refractivity contribution is 5.90. The molecule has 1 saturated heterocycles. The monoisotopic (exact) mass is 312 g/mol. The number of hydrogen-bond acceptors (Lipinski definition) is 6. The predicted molar refractivity (Wildman–Crippen MR) is 75.1 cm³/mol. The van der Waals surface area contributed by atoms with Gasteiger partial charge in [-0.3, -0.25) is 9.59 Å². The minimum atomic E-state index is -1.36. The maximum atomic E-state index is 12.3. The van der Waals surface area contributed by atoms with Crippen molar-refractivity contribution in [2.24, 2.45) is 0 Å². The molecule has 0 aliphatic carbocycles. The molecule has 1 fully saturated rings. The normalized spacial score (nSPS) is 22.2. The number of carbonyl (C=O) groups is 2. The zero-order valence-electron chi connectivity index (χ0n) is 12.4. The molecule has 9 nitrogen and oxygen atoms in total. The molecule has 0 unspecified atom stereocenters. The van der Waals surface area contributed by atoms with Gasteiger partial charge in [-0.1, -0.05) is 0 Å². The number of carbonyl (C=O) groups excluding carboxylic acids is 2. The van der Waals surface area contributed by atoms with E-state index >= 15 is 0 Å². The van der Waals surface area contributed by atoms with Gasteiger partial charge in [-0.25, -0.2) is 4.98 Å². The molecule has 3 N–H and O–H groups in total. The fourth-order valence-electron chi connectivity index (χ4n) is 2.17. The van der Waals surface area contributed by atoms with Gasteiger partial charge in [0.1, 0.15) is 12.2 Å². The van der Waals surface area contributed by atoms with E-state index in [1.807, 2.05) is 0 Å². The summed E-state index contributed by atoms with van der Waals surface area (Å²) in [5, 5.41) is 13.1. The van der Waals surface area contributed by atoms with Gasteiger partial charge in [0.15, 0.2) is 5.82 Å². The Morgan fingerprint density at radius 2 is 2.45 bits per heavy atom. The summed E-state index contributed by atoms with van der Waals surface area (Å²) in [7, 11) is 1.41. The molecule has 122 valence electrons. The van der Waals surface area contributed by atoms with Crippen LogP contribution < -0.4 is 5.32 Å². The number of hydrogen-bond donors (Lipinski definition) is 3. The van der Waals surface area contributed by atoms with Crippen LogP contribution in [0.3, 0.4) is 0 Å². The molecule has 2 heterocycles. The lowest BCUT2D eigenvalue weighted by Crippen LogP contribution is -2.53. The average Bonchev–Trinajstić information content (AvgIpc) is 2.95. The van der Waals surface area contributed by atoms with E-state index in [4.69, 9.17) is 9.47 Å². The van der Waals surface area contributed by atoms with Gasteiger partial charge in [0.05, 0.1) is 26.3 Å². The number of nitrogens with one attached hydrogen (secondary N) is 2. The van der Waals surface area contributed by atoms with Crippen LogP contribution in [0, 0.1) is 0 Å². The molecule has 0 bridgehead atoms.